The number of ether oxygens (including phenoxy) is 1. The Morgan fingerprint density at radius 1 is 1.17 bits per heavy atom. The molecule has 1 aliphatic heterocycles. The van der Waals surface area contributed by atoms with Crippen LogP contribution in [0.3, 0.4) is 0 Å². The van der Waals surface area contributed by atoms with E-state index in [1.807, 2.05) is 0 Å². The summed E-state index contributed by atoms with van der Waals surface area (Å²) < 4.78 is 31.3. The molecule has 160 valence electrons. The van der Waals surface area contributed by atoms with Crippen LogP contribution in [0.15, 0.2) is 48.5 Å². The van der Waals surface area contributed by atoms with E-state index in [0.29, 0.717) is 29.2 Å². The predicted octanol–water partition coefficient (Wildman–Crippen LogP) is 2.84. The van der Waals surface area contributed by atoms with E-state index in [-0.39, 0.29) is 30.5 Å². The lowest BCUT2D eigenvalue weighted by atomic mass is 10.1. The third kappa shape index (κ3) is 5.29. The lowest BCUT2D eigenvalue weighted by Crippen LogP contribution is -2.28. The molecule has 0 saturated carbocycles. The van der Waals surface area contributed by atoms with Crippen molar-refractivity contribution in [1.29, 1.82) is 0 Å². The van der Waals surface area contributed by atoms with Crippen LogP contribution < -0.4 is 19.7 Å². The molecule has 0 bridgehead atoms. The number of carbonyl (C=O) groups is 2. The average molecular weight is 432 g/mol. The lowest BCUT2D eigenvalue weighted by molar-refractivity contribution is -0.122. The average Bonchev–Trinajstić information content (AvgIpc) is 3.11. The molecule has 0 aliphatic carbocycles. The van der Waals surface area contributed by atoms with Crippen LogP contribution in [0, 0.1) is 5.92 Å². The van der Waals surface area contributed by atoms with Gasteiger partial charge in [-0.3, -0.25) is 14.3 Å². The molecule has 2 aromatic carbocycles. The molecule has 1 heterocycles. The maximum atomic E-state index is 12.6. The van der Waals surface area contributed by atoms with E-state index in [4.69, 9.17) is 4.74 Å². The van der Waals surface area contributed by atoms with E-state index < -0.39 is 15.9 Å². The van der Waals surface area contributed by atoms with Gasteiger partial charge in [0.1, 0.15) is 5.75 Å². The number of benzene rings is 2. The number of sulfonamides is 1. The lowest BCUT2D eigenvalue weighted by Gasteiger charge is -2.17. The molecule has 0 spiro atoms. The highest BCUT2D eigenvalue weighted by atomic mass is 32.2. The summed E-state index contributed by atoms with van der Waals surface area (Å²) in [6.45, 7) is 2.08. The van der Waals surface area contributed by atoms with Crippen molar-refractivity contribution in [1.82, 2.24) is 0 Å². The zero-order chi connectivity index (χ0) is 21.7. The van der Waals surface area contributed by atoms with Crippen LogP contribution in [0.2, 0.25) is 0 Å². The number of nitrogens with one attached hydrogen (secondary N) is 2. The minimum atomic E-state index is -3.37. The van der Waals surface area contributed by atoms with Crippen LogP contribution in [-0.2, 0) is 19.6 Å². The van der Waals surface area contributed by atoms with Gasteiger partial charge in [0.2, 0.25) is 21.8 Å². The normalized spacial score (nSPS) is 16.4. The van der Waals surface area contributed by atoms with Gasteiger partial charge in [-0.1, -0.05) is 13.0 Å². The summed E-state index contributed by atoms with van der Waals surface area (Å²) in [5, 5.41) is 2.79. The SMILES string of the molecule is CCCS(=O)(=O)Nc1ccc(NC(=O)C2CC(=O)N(c3cccc(OC)c3)C2)cc1. The molecule has 3 rings (SSSR count). The molecule has 30 heavy (non-hydrogen) atoms. The molecular formula is C21H25N3O5S. The highest BCUT2D eigenvalue weighted by Gasteiger charge is 2.35. The Bertz CT molecular complexity index is 1020. The maximum absolute atomic E-state index is 12.6. The van der Waals surface area contributed by atoms with Gasteiger partial charge in [0.25, 0.3) is 0 Å². The van der Waals surface area contributed by atoms with Crippen molar-refractivity contribution in [2.24, 2.45) is 5.92 Å². The van der Waals surface area contributed by atoms with E-state index in [1.165, 1.54) is 0 Å². The number of hydrogen-bond donors (Lipinski definition) is 2. The third-order valence-corrected chi connectivity index (χ3v) is 6.25. The second kappa shape index (κ2) is 9.17. The number of rotatable bonds is 8. The standard InChI is InChI=1S/C21H25N3O5S/c1-3-11-30(27,28)23-17-9-7-16(8-10-17)22-21(26)15-12-20(25)24(14-15)18-5-4-6-19(13-18)29-2/h4-10,13,15,23H,3,11-12,14H2,1-2H3,(H,22,26). The summed E-state index contributed by atoms with van der Waals surface area (Å²) in [6, 6.07) is 13.6. The molecule has 1 aliphatic rings. The van der Waals surface area contributed by atoms with Crippen molar-refractivity contribution in [3.8, 4) is 5.75 Å². The summed E-state index contributed by atoms with van der Waals surface area (Å²) in [6.07, 6.45) is 0.647. The first kappa shape index (κ1) is 21.6. The second-order valence-corrected chi connectivity index (χ2v) is 8.94. The van der Waals surface area contributed by atoms with Crippen molar-refractivity contribution >= 4 is 38.9 Å². The van der Waals surface area contributed by atoms with Gasteiger partial charge >= 0.3 is 0 Å². The first-order chi connectivity index (χ1) is 14.3. The number of anilines is 3. The molecule has 1 saturated heterocycles. The number of nitrogens with zero attached hydrogens (tertiary/aromatic N) is 1. The highest BCUT2D eigenvalue weighted by molar-refractivity contribution is 7.92. The summed E-state index contributed by atoms with van der Waals surface area (Å²) >= 11 is 0. The maximum Gasteiger partial charge on any atom is 0.232 e. The van der Waals surface area contributed by atoms with Gasteiger partial charge in [0.15, 0.2) is 0 Å². The number of carbonyl (C=O) groups excluding carboxylic acids is 2. The Hall–Kier alpha value is -3.07. The van der Waals surface area contributed by atoms with Gasteiger partial charge in [-0.2, -0.15) is 0 Å². The molecular weight excluding hydrogens is 406 g/mol. The minimum Gasteiger partial charge on any atom is -0.497 e. The van der Waals surface area contributed by atoms with Crippen molar-refractivity contribution in [2.45, 2.75) is 19.8 Å². The van der Waals surface area contributed by atoms with Gasteiger partial charge in [0.05, 0.1) is 18.8 Å². The Labute approximate surface area is 176 Å². The van der Waals surface area contributed by atoms with E-state index in [9.17, 15) is 18.0 Å². The predicted molar refractivity (Wildman–Crippen MR) is 116 cm³/mol. The Morgan fingerprint density at radius 3 is 2.53 bits per heavy atom. The molecule has 1 unspecified atom stereocenters. The summed E-state index contributed by atoms with van der Waals surface area (Å²) in [7, 11) is -1.81. The topological polar surface area (TPSA) is 105 Å². The minimum absolute atomic E-state index is 0.0466. The quantitative estimate of drug-likeness (QED) is 0.669. The summed E-state index contributed by atoms with van der Waals surface area (Å²) in [5.41, 5.74) is 1.66. The Kier molecular flexibility index (Phi) is 6.61. The molecule has 2 aromatic rings. The first-order valence-electron chi connectivity index (χ1n) is 9.67. The van der Waals surface area contributed by atoms with Gasteiger partial charge < -0.3 is 15.0 Å². The van der Waals surface area contributed by atoms with Crippen molar-refractivity contribution in [3.05, 3.63) is 48.5 Å². The van der Waals surface area contributed by atoms with E-state index in [2.05, 4.69) is 10.0 Å². The van der Waals surface area contributed by atoms with Gasteiger partial charge in [-0.15, -0.1) is 0 Å². The number of amides is 2. The van der Waals surface area contributed by atoms with E-state index >= 15 is 0 Å². The van der Waals surface area contributed by atoms with Crippen molar-refractivity contribution in [2.75, 3.05) is 34.3 Å². The van der Waals surface area contributed by atoms with E-state index in [1.54, 1.807) is 67.5 Å². The fourth-order valence-corrected chi connectivity index (χ4v) is 4.41. The third-order valence-electron chi connectivity index (χ3n) is 4.76. The fraction of sp³-hybridized carbons (Fsp3) is 0.333. The molecule has 9 heteroatoms. The van der Waals surface area contributed by atoms with Gasteiger partial charge in [-0.25, -0.2) is 8.42 Å². The monoisotopic (exact) mass is 431 g/mol. The van der Waals surface area contributed by atoms with Crippen molar-refractivity contribution in [3.63, 3.8) is 0 Å². The van der Waals surface area contributed by atoms with Crippen LogP contribution >= 0.6 is 0 Å². The molecule has 8 nitrogen and oxygen atoms in total. The number of hydrogen-bond acceptors (Lipinski definition) is 5. The smallest absolute Gasteiger partial charge is 0.232 e. The van der Waals surface area contributed by atoms with Crippen LogP contribution in [0.4, 0.5) is 17.1 Å². The highest BCUT2D eigenvalue weighted by Crippen LogP contribution is 2.28. The second-order valence-electron chi connectivity index (χ2n) is 7.09. The number of methoxy groups -OCH3 is 1. The zero-order valence-electron chi connectivity index (χ0n) is 16.9. The Balaban J connectivity index is 1.61. The molecule has 0 aromatic heterocycles. The van der Waals surface area contributed by atoms with E-state index in [0.717, 1.165) is 0 Å². The summed E-state index contributed by atoms with van der Waals surface area (Å²) in [4.78, 5) is 26.6. The van der Waals surface area contributed by atoms with Crippen LogP contribution in [0.25, 0.3) is 0 Å². The first-order valence-corrected chi connectivity index (χ1v) is 11.3. The fourth-order valence-electron chi connectivity index (χ4n) is 3.28. The van der Waals surface area contributed by atoms with Crippen LogP contribution in [0.1, 0.15) is 19.8 Å². The van der Waals surface area contributed by atoms with Crippen LogP contribution in [-0.4, -0.2) is 39.6 Å². The summed E-state index contributed by atoms with van der Waals surface area (Å²) in [5.74, 6) is -0.170. The van der Waals surface area contributed by atoms with Gasteiger partial charge in [-0.05, 0) is 42.8 Å². The van der Waals surface area contributed by atoms with Crippen LogP contribution in [0.5, 0.6) is 5.75 Å². The van der Waals surface area contributed by atoms with Crippen molar-refractivity contribution < 1.29 is 22.7 Å². The van der Waals surface area contributed by atoms with Gasteiger partial charge in [0, 0.05) is 36.1 Å². The zero-order valence-corrected chi connectivity index (χ0v) is 17.7. The molecule has 1 atom stereocenters. The molecule has 1 fully saturated rings. The largest absolute Gasteiger partial charge is 0.497 e. The molecule has 2 N–H and O–H groups in total. The Morgan fingerprint density at radius 2 is 1.87 bits per heavy atom. The molecule has 2 amide bonds. The molecule has 0 radical (unpaired) electrons.